The van der Waals surface area contributed by atoms with E-state index < -0.39 is 17.6 Å². The molecule has 3 rings (SSSR count). The Labute approximate surface area is 123 Å². The van der Waals surface area contributed by atoms with Crippen LogP contribution in [0.4, 0.5) is 18.9 Å². The highest BCUT2D eigenvalue weighted by Crippen LogP contribution is 2.38. The van der Waals surface area contributed by atoms with Gasteiger partial charge in [0.2, 0.25) is 0 Å². The lowest BCUT2D eigenvalue weighted by Crippen LogP contribution is -2.06. The van der Waals surface area contributed by atoms with Crippen molar-refractivity contribution in [2.45, 2.75) is 6.18 Å². The Morgan fingerprint density at radius 1 is 1.09 bits per heavy atom. The quantitative estimate of drug-likeness (QED) is 0.785. The van der Waals surface area contributed by atoms with Gasteiger partial charge in [0.05, 0.1) is 5.56 Å². The van der Waals surface area contributed by atoms with Crippen LogP contribution in [0, 0.1) is 0 Å². The predicted molar refractivity (Wildman–Crippen MR) is 76.1 cm³/mol. The highest BCUT2D eigenvalue weighted by atomic mass is 19.4. The fourth-order valence-corrected chi connectivity index (χ4v) is 2.28. The van der Waals surface area contributed by atoms with Crippen LogP contribution in [0.5, 0.6) is 5.75 Å². The molecule has 1 aliphatic heterocycles. The monoisotopic (exact) mass is 305 g/mol. The zero-order valence-corrected chi connectivity index (χ0v) is 11.1. The molecule has 0 aromatic heterocycles. The van der Waals surface area contributed by atoms with E-state index in [1.807, 2.05) is 0 Å². The average Bonchev–Trinajstić information content (AvgIpc) is 2.76. The lowest BCUT2D eigenvalue weighted by atomic mass is 10.0. The van der Waals surface area contributed by atoms with Crippen molar-refractivity contribution in [2.24, 2.45) is 0 Å². The van der Waals surface area contributed by atoms with Crippen LogP contribution in [0.3, 0.4) is 0 Å². The minimum absolute atomic E-state index is 0.0110. The van der Waals surface area contributed by atoms with E-state index in [9.17, 15) is 23.1 Å². The second-order valence-corrected chi connectivity index (χ2v) is 4.83. The summed E-state index contributed by atoms with van der Waals surface area (Å²) in [5, 5.41) is 12.1. The summed E-state index contributed by atoms with van der Waals surface area (Å²) in [5.41, 5.74) is 0.295. The Morgan fingerprint density at radius 2 is 1.82 bits per heavy atom. The summed E-state index contributed by atoms with van der Waals surface area (Å²) in [7, 11) is 0. The molecule has 0 aliphatic carbocycles. The van der Waals surface area contributed by atoms with Crippen molar-refractivity contribution in [1.29, 1.82) is 0 Å². The van der Waals surface area contributed by atoms with Crippen molar-refractivity contribution in [3.05, 3.63) is 59.2 Å². The first-order valence-corrected chi connectivity index (χ1v) is 6.39. The van der Waals surface area contributed by atoms with Crippen molar-refractivity contribution in [2.75, 3.05) is 5.32 Å². The van der Waals surface area contributed by atoms with E-state index in [4.69, 9.17) is 0 Å². The summed E-state index contributed by atoms with van der Waals surface area (Å²) in [4.78, 5) is 12.0. The Kier molecular flexibility index (Phi) is 3.16. The van der Waals surface area contributed by atoms with Gasteiger partial charge < -0.3 is 10.4 Å². The number of rotatable bonds is 1. The molecule has 0 atom stereocenters. The standard InChI is InChI=1S/C16H10F3NO2/c17-16(18,19)10-5-6-11-12(15(22)20-13(11)8-10)7-9-3-1-2-4-14(9)21/h1-8,21H,(H,20,22)/b12-7-. The molecular formula is C16H10F3NO2. The molecule has 0 spiro atoms. The smallest absolute Gasteiger partial charge is 0.416 e. The van der Waals surface area contributed by atoms with Crippen LogP contribution >= 0.6 is 0 Å². The van der Waals surface area contributed by atoms with Crippen LogP contribution in [0.1, 0.15) is 16.7 Å². The first kappa shape index (κ1) is 14.2. The molecule has 2 N–H and O–H groups in total. The number of amides is 1. The Bertz CT molecular complexity index is 794. The molecule has 0 unspecified atom stereocenters. The zero-order chi connectivity index (χ0) is 15.9. The summed E-state index contributed by atoms with van der Waals surface area (Å²) < 4.78 is 38.1. The van der Waals surface area contributed by atoms with Gasteiger partial charge in [0.15, 0.2) is 0 Å². The minimum Gasteiger partial charge on any atom is -0.507 e. The van der Waals surface area contributed by atoms with Crippen LogP contribution in [0.25, 0.3) is 11.6 Å². The van der Waals surface area contributed by atoms with Gasteiger partial charge in [0, 0.05) is 22.4 Å². The van der Waals surface area contributed by atoms with Gasteiger partial charge in [-0.1, -0.05) is 24.3 Å². The molecule has 0 bridgehead atoms. The second-order valence-electron chi connectivity index (χ2n) is 4.83. The van der Waals surface area contributed by atoms with Gasteiger partial charge in [0.1, 0.15) is 5.75 Å². The number of carbonyl (C=O) groups excluding carboxylic acids is 1. The van der Waals surface area contributed by atoms with Gasteiger partial charge in [-0.05, 0) is 24.3 Å². The van der Waals surface area contributed by atoms with Crippen molar-refractivity contribution in [3.8, 4) is 5.75 Å². The van der Waals surface area contributed by atoms with Gasteiger partial charge in [-0.2, -0.15) is 13.2 Å². The molecule has 0 saturated carbocycles. The summed E-state index contributed by atoms with van der Waals surface area (Å²) in [5.74, 6) is -0.513. The van der Waals surface area contributed by atoms with Gasteiger partial charge in [-0.25, -0.2) is 0 Å². The Balaban J connectivity index is 2.08. The van der Waals surface area contributed by atoms with E-state index in [0.717, 1.165) is 12.1 Å². The molecule has 0 saturated heterocycles. The predicted octanol–water partition coefficient (Wildman–Crippen LogP) is 3.90. The number of nitrogens with one attached hydrogen (secondary N) is 1. The number of hydrogen-bond acceptors (Lipinski definition) is 2. The molecule has 22 heavy (non-hydrogen) atoms. The second kappa shape index (κ2) is 4.91. The average molecular weight is 305 g/mol. The third-order valence-electron chi connectivity index (χ3n) is 3.37. The van der Waals surface area contributed by atoms with Crippen molar-refractivity contribution < 1.29 is 23.1 Å². The summed E-state index contributed by atoms with van der Waals surface area (Å²) in [6, 6.07) is 9.48. The number of fused-ring (bicyclic) bond motifs is 1. The molecular weight excluding hydrogens is 295 g/mol. The molecule has 2 aromatic carbocycles. The molecule has 1 heterocycles. The molecule has 6 heteroatoms. The number of para-hydroxylation sites is 1. The van der Waals surface area contributed by atoms with Crippen molar-refractivity contribution in [3.63, 3.8) is 0 Å². The number of alkyl halides is 3. The molecule has 112 valence electrons. The SMILES string of the molecule is O=C1Nc2cc(C(F)(F)F)ccc2/C1=C/c1ccccc1O. The highest BCUT2D eigenvalue weighted by molar-refractivity contribution is 6.35. The van der Waals surface area contributed by atoms with Gasteiger partial charge >= 0.3 is 6.18 Å². The maximum absolute atomic E-state index is 12.7. The van der Waals surface area contributed by atoms with Crippen LogP contribution < -0.4 is 5.32 Å². The maximum Gasteiger partial charge on any atom is 0.416 e. The molecule has 0 radical (unpaired) electrons. The van der Waals surface area contributed by atoms with Gasteiger partial charge in [0.25, 0.3) is 5.91 Å². The highest BCUT2D eigenvalue weighted by Gasteiger charge is 2.33. The fraction of sp³-hybridized carbons (Fsp3) is 0.0625. The minimum atomic E-state index is -4.47. The number of hydrogen-bond donors (Lipinski definition) is 2. The van der Waals surface area contributed by atoms with Crippen LogP contribution in [0.15, 0.2) is 42.5 Å². The largest absolute Gasteiger partial charge is 0.507 e. The molecule has 2 aromatic rings. The fourth-order valence-electron chi connectivity index (χ4n) is 2.28. The van der Waals surface area contributed by atoms with Gasteiger partial charge in [-0.3, -0.25) is 4.79 Å². The summed E-state index contributed by atoms with van der Waals surface area (Å²) >= 11 is 0. The third-order valence-corrected chi connectivity index (χ3v) is 3.37. The van der Waals surface area contributed by atoms with Gasteiger partial charge in [-0.15, -0.1) is 0 Å². The van der Waals surface area contributed by atoms with E-state index in [0.29, 0.717) is 11.1 Å². The first-order valence-electron chi connectivity index (χ1n) is 6.39. The van der Waals surface area contributed by atoms with Crippen LogP contribution in [0.2, 0.25) is 0 Å². The Morgan fingerprint density at radius 3 is 2.50 bits per heavy atom. The number of phenolic OH excluding ortho intramolecular Hbond substituents is 1. The molecule has 1 amide bonds. The Hall–Kier alpha value is -2.76. The first-order chi connectivity index (χ1) is 10.4. The molecule has 3 nitrogen and oxygen atoms in total. The number of carbonyl (C=O) groups is 1. The number of phenols is 1. The molecule has 0 fully saturated rings. The summed E-state index contributed by atoms with van der Waals surface area (Å²) in [6.45, 7) is 0. The summed E-state index contributed by atoms with van der Waals surface area (Å²) in [6.07, 6.45) is -3.02. The normalized spacial score (nSPS) is 15.8. The maximum atomic E-state index is 12.7. The van der Waals surface area contributed by atoms with E-state index in [1.54, 1.807) is 18.2 Å². The number of aromatic hydroxyl groups is 1. The zero-order valence-electron chi connectivity index (χ0n) is 11.1. The van der Waals surface area contributed by atoms with Crippen LogP contribution in [-0.4, -0.2) is 11.0 Å². The van der Waals surface area contributed by atoms with Crippen LogP contribution in [-0.2, 0) is 11.0 Å². The van der Waals surface area contributed by atoms with E-state index >= 15 is 0 Å². The van der Waals surface area contributed by atoms with Crippen molar-refractivity contribution in [1.82, 2.24) is 0 Å². The number of benzene rings is 2. The lowest BCUT2D eigenvalue weighted by Gasteiger charge is -2.08. The number of halogens is 3. The van der Waals surface area contributed by atoms with E-state index in [2.05, 4.69) is 5.32 Å². The van der Waals surface area contributed by atoms with E-state index in [-0.39, 0.29) is 17.0 Å². The molecule has 1 aliphatic rings. The topological polar surface area (TPSA) is 49.3 Å². The van der Waals surface area contributed by atoms with E-state index in [1.165, 1.54) is 18.2 Å². The lowest BCUT2D eigenvalue weighted by molar-refractivity contribution is -0.137. The van der Waals surface area contributed by atoms with Crippen molar-refractivity contribution >= 4 is 23.2 Å². The third kappa shape index (κ3) is 2.43. The number of anilines is 1.